The maximum absolute atomic E-state index is 11.1. The highest BCUT2D eigenvalue weighted by Gasteiger charge is 2.12. The molecule has 0 aliphatic rings. The van der Waals surface area contributed by atoms with Crippen molar-refractivity contribution in [2.75, 3.05) is 19.1 Å². The molecule has 0 fully saturated rings. The SMILES string of the molecule is C=C(C)C(=O)OCC(O)Oc1ccc([S+](C)C)cc1.CC. The third kappa shape index (κ3) is 7.78. The second-order valence-corrected chi connectivity index (χ2v) is 6.34. The van der Waals surface area contributed by atoms with Gasteiger partial charge in [0.15, 0.2) is 11.5 Å². The van der Waals surface area contributed by atoms with E-state index in [9.17, 15) is 9.90 Å². The number of benzene rings is 1. The van der Waals surface area contributed by atoms with Gasteiger partial charge in [0.05, 0.1) is 0 Å². The van der Waals surface area contributed by atoms with E-state index in [1.54, 1.807) is 19.1 Å². The molecule has 118 valence electrons. The van der Waals surface area contributed by atoms with Crippen molar-refractivity contribution in [2.24, 2.45) is 0 Å². The maximum atomic E-state index is 11.1. The van der Waals surface area contributed by atoms with Crippen molar-refractivity contribution in [1.29, 1.82) is 0 Å². The standard InChI is InChI=1S/C14H19O4S.C2H6/c1-10(2)14(16)17-9-13(15)18-11-5-7-12(8-6-11)19(3)4;1-2/h5-8,13,15H,1,9H2,2-4H3;1-2H3/q+1;. The fourth-order valence-electron chi connectivity index (χ4n) is 1.25. The smallest absolute Gasteiger partial charge is 0.333 e. The number of carbonyl (C=O) groups excluding carboxylic acids is 1. The predicted octanol–water partition coefficient (Wildman–Crippen LogP) is 2.77. The van der Waals surface area contributed by atoms with Gasteiger partial charge in [0, 0.05) is 16.5 Å². The number of esters is 1. The topological polar surface area (TPSA) is 55.8 Å². The predicted molar refractivity (Wildman–Crippen MR) is 87.7 cm³/mol. The van der Waals surface area contributed by atoms with Crippen LogP contribution in [-0.2, 0) is 20.4 Å². The van der Waals surface area contributed by atoms with Crippen molar-refractivity contribution < 1.29 is 19.4 Å². The zero-order chi connectivity index (χ0) is 16.4. The number of hydrogen-bond acceptors (Lipinski definition) is 4. The zero-order valence-electron chi connectivity index (χ0n) is 13.4. The molecule has 0 spiro atoms. The van der Waals surface area contributed by atoms with Gasteiger partial charge in [-0.15, -0.1) is 0 Å². The molecule has 1 aromatic carbocycles. The lowest BCUT2D eigenvalue weighted by atomic mass is 10.3. The number of hydrogen-bond donors (Lipinski definition) is 1. The van der Waals surface area contributed by atoms with Gasteiger partial charge in [-0.1, -0.05) is 20.4 Å². The lowest BCUT2D eigenvalue weighted by Gasteiger charge is -2.13. The van der Waals surface area contributed by atoms with Crippen LogP contribution < -0.4 is 4.74 Å². The Morgan fingerprint density at radius 2 is 1.81 bits per heavy atom. The van der Waals surface area contributed by atoms with Crippen molar-refractivity contribution in [3.8, 4) is 5.75 Å². The van der Waals surface area contributed by atoms with Gasteiger partial charge < -0.3 is 14.6 Å². The molecule has 21 heavy (non-hydrogen) atoms. The molecular formula is C16H25O4S+. The van der Waals surface area contributed by atoms with E-state index < -0.39 is 12.3 Å². The molecule has 1 N–H and O–H groups in total. The summed E-state index contributed by atoms with van der Waals surface area (Å²) in [7, 11) is 0.188. The molecule has 0 aliphatic heterocycles. The summed E-state index contributed by atoms with van der Waals surface area (Å²) in [5.41, 5.74) is 0.287. The van der Waals surface area contributed by atoms with Crippen molar-refractivity contribution in [3.63, 3.8) is 0 Å². The van der Waals surface area contributed by atoms with Crippen molar-refractivity contribution in [3.05, 3.63) is 36.4 Å². The number of carbonyl (C=O) groups is 1. The molecule has 4 nitrogen and oxygen atoms in total. The van der Waals surface area contributed by atoms with Crippen molar-refractivity contribution in [2.45, 2.75) is 32.0 Å². The molecule has 0 heterocycles. The summed E-state index contributed by atoms with van der Waals surface area (Å²) in [6.07, 6.45) is 3.07. The van der Waals surface area contributed by atoms with Crippen molar-refractivity contribution >= 4 is 16.9 Å². The number of ether oxygens (including phenoxy) is 2. The third-order valence-electron chi connectivity index (χ3n) is 2.27. The van der Waals surface area contributed by atoms with Crippen molar-refractivity contribution in [1.82, 2.24) is 0 Å². The van der Waals surface area contributed by atoms with Crippen LogP contribution in [0.15, 0.2) is 41.3 Å². The number of rotatable bonds is 6. The summed E-state index contributed by atoms with van der Waals surface area (Å²) in [6.45, 7) is 8.77. The average molecular weight is 313 g/mol. The lowest BCUT2D eigenvalue weighted by Crippen LogP contribution is -2.24. The zero-order valence-corrected chi connectivity index (χ0v) is 14.2. The van der Waals surface area contributed by atoms with Crippen LogP contribution in [0.5, 0.6) is 5.75 Å². The quantitative estimate of drug-likeness (QED) is 0.380. The van der Waals surface area contributed by atoms with Crippen LogP contribution in [0.3, 0.4) is 0 Å². The molecular weight excluding hydrogens is 288 g/mol. The van der Waals surface area contributed by atoms with Gasteiger partial charge in [-0.25, -0.2) is 4.79 Å². The molecule has 0 aromatic heterocycles. The minimum atomic E-state index is -1.18. The number of aliphatic hydroxyl groups excluding tert-OH is 1. The Morgan fingerprint density at radius 1 is 1.29 bits per heavy atom. The molecule has 0 amide bonds. The third-order valence-corrected chi connectivity index (χ3v) is 3.49. The van der Waals surface area contributed by atoms with Crippen LogP contribution in [0.2, 0.25) is 0 Å². The monoisotopic (exact) mass is 313 g/mol. The summed E-state index contributed by atoms with van der Waals surface area (Å²) >= 11 is 0. The van der Waals surface area contributed by atoms with E-state index in [4.69, 9.17) is 9.47 Å². The highest BCUT2D eigenvalue weighted by Crippen LogP contribution is 2.16. The second kappa shape index (κ2) is 10.3. The van der Waals surface area contributed by atoms with Crippen LogP contribution in [0.1, 0.15) is 20.8 Å². The van der Waals surface area contributed by atoms with Gasteiger partial charge in [-0.3, -0.25) is 0 Å². The van der Waals surface area contributed by atoms with Crippen LogP contribution >= 0.6 is 0 Å². The molecule has 1 rings (SSSR count). The largest absolute Gasteiger partial charge is 0.461 e. The van der Waals surface area contributed by atoms with Gasteiger partial charge in [0.1, 0.15) is 18.3 Å². The first kappa shape index (κ1) is 19.5. The molecule has 0 bridgehead atoms. The maximum Gasteiger partial charge on any atom is 0.333 e. The minimum Gasteiger partial charge on any atom is -0.461 e. The molecule has 0 saturated carbocycles. The Morgan fingerprint density at radius 3 is 2.24 bits per heavy atom. The Bertz CT molecular complexity index is 440. The first-order chi connectivity index (χ1) is 9.90. The van der Waals surface area contributed by atoms with Gasteiger partial charge in [-0.2, -0.15) is 0 Å². The van der Waals surface area contributed by atoms with Crippen LogP contribution in [0, 0.1) is 0 Å². The Hall–Kier alpha value is -1.46. The van der Waals surface area contributed by atoms with Crippen LogP contribution in [0.25, 0.3) is 0 Å². The van der Waals surface area contributed by atoms with Crippen LogP contribution in [-0.4, -0.2) is 36.5 Å². The van der Waals surface area contributed by atoms with E-state index >= 15 is 0 Å². The average Bonchev–Trinajstić information content (AvgIpc) is 2.47. The molecule has 1 unspecified atom stereocenters. The highest BCUT2D eigenvalue weighted by atomic mass is 32.2. The summed E-state index contributed by atoms with van der Waals surface area (Å²) < 4.78 is 10.0. The Labute approximate surface area is 130 Å². The van der Waals surface area contributed by atoms with E-state index in [1.165, 1.54) is 4.90 Å². The first-order valence-corrected chi connectivity index (χ1v) is 8.79. The van der Waals surface area contributed by atoms with Gasteiger partial charge in [0.2, 0.25) is 6.29 Å². The first-order valence-electron chi connectivity index (χ1n) is 6.75. The molecule has 5 heteroatoms. The Balaban J connectivity index is 0.00000191. The molecule has 1 aromatic rings. The summed E-state index contributed by atoms with van der Waals surface area (Å²) in [5.74, 6) is -0.00733. The lowest BCUT2D eigenvalue weighted by molar-refractivity contribution is -0.149. The van der Waals surface area contributed by atoms with E-state index in [-0.39, 0.29) is 23.1 Å². The minimum absolute atomic E-state index is 0.188. The fourth-order valence-corrected chi connectivity index (χ4v) is 1.93. The summed E-state index contributed by atoms with van der Waals surface area (Å²) in [5, 5.41) is 9.58. The molecule has 0 radical (unpaired) electrons. The van der Waals surface area contributed by atoms with Gasteiger partial charge in [0.25, 0.3) is 0 Å². The fraction of sp³-hybridized carbons (Fsp3) is 0.438. The van der Waals surface area contributed by atoms with E-state index in [0.29, 0.717) is 5.75 Å². The normalized spacial score (nSPS) is 11.2. The molecule has 0 saturated heterocycles. The van der Waals surface area contributed by atoms with Gasteiger partial charge in [-0.05, 0) is 31.2 Å². The van der Waals surface area contributed by atoms with E-state index in [0.717, 1.165) is 0 Å². The van der Waals surface area contributed by atoms with Gasteiger partial charge >= 0.3 is 5.97 Å². The van der Waals surface area contributed by atoms with E-state index in [2.05, 4.69) is 19.1 Å². The number of aliphatic hydroxyl groups is 1. The second-order valence-electron chi connectivity index (χ2n) is 4.24. The van der Waals surface area contributed by atoms with E-state index in [1.807, 2.05) is 26.0 Å². The summed E-state index contributed by atoms with van der Waals surface area (Å²) in [4.78, 5) is 12.3. The molecule has 0 aliphatic carbocycles. The highest BCUT2D eigenvalue weighted by molar-refractivity contribution is 7.95. The summed E-state index contributed by atoms with van der Waals surface area (Å²) in [6, 6.07) is 7.47. The molecule has 1 atom stereocenters. The Kier molecular flexibility index (Phi) is 9.58. The van der Waals surface area contributed by atoms with Crippen LogP contribution in [0.4, 0.5) is 0 Å².